The average Bonchev–Trinajstić information content (AvgIpc) is 3.30. The van der Waals surface area contributed by atoms with Crippen LogP contribution in [-0.2, 0) is 4.79 Å². The van der Waals surface area contributed by atoms with Crippen molar-refractivity contribution in [1.82, 2.24) is 19.9 Å². The molecule has 0 spiro atoms. The van der Waals surface area contributed by atoms with Crippen LogP contribution in [0.1, 0.15) is 17.3 Å². The molecular formula is C22H24FN7O3. The lowest BCUT2D eigenvalue weighted by Gasteiger charge is -2.35. The molecule has 4 N–H and O–H groups in total. The predicted molar refractivity (Wildman–Crippen MR) is 122 cm³/mol. The van der Waals surface area contributed by atoms with Crippen molar-refractivity contribution >= 4 is 34.2 Å². The SMILES string of the molecule is CCOc1cccnc1N1CCN(C(=O)C(=O)c2c[nH]c3c(N/C=C\N)ncc(F)c23)CC1. The Labute approximate surface area is 189 Å². The Hall–Kier alpha value is -4.15. The van der Waals surface area contributed by atoms with Crippen molar-refractivity contribution in [2.75, 3.05) is 43.0 Å². The highest BCUT2D eigenvalue weighted by Gasteiger charge is 2.30. The Kier molecular flexibility index (Phi) is 6.38. The minimum atomic E-state index is -0.784. The highest BCUT2D eigenvalue weighted by molar-refractivity contribution is 6.45. The molecule has 0 radical (unpaired) electrons. The van der Waals surface area contributed by atoms with Crippen molar-refractivity contribution < 1.29 is 18.7 Å². The molecule has 0 aromatic carbocycles. The molecule has 0 aliphatic carbocycles. The number of H-pyrrole nitrogens is 1. The maximum atomic E-state index is 14.5. The van der Waals surface area contributed by atoms with Crippen molar-refractivity contribution in [1.29, 1.82) is 0 Å². The van der Waals surface area contributed by atoms with E-state index in [1.54, 1.807) is 12.3 Å². The molecule has 4 heterocycles. The number of aromatic amines is 1. The normalized spacial score (nSPS) is 14.1. The number of carbonyl (C=O) groups is 2. The number of hydrogen-bond acceptors (Lipinski definition) is 8. The molecule has 0 atom stereocenters. The van der Waals surface area contributed by atoms with Gasteiger partial charge in [-0.15, -0.1) is 0 Å². The van der Waals surface area contributed by atoms with Crippen LogP contribution in [0.4, 0.5) is 16.0 Å². The Morgan fingerprint density at radius 3 is 2.82 bits per heavy atom. The number of Topliss-reactive ketones (excluding diaryl/α,β-unsaturated/α-hetero) is 1. The predicted octanol–water partition coefficient (Wildman–Crippen LogP) is 1.87. The van der Waals surface area contributed by atoms with Gasteiger partial charge in [0.05, 0.1) is 29.3 Å². The number of amides is 1. The molecule has 10 nitrogen and oxygen atoms in total. The smallest absolute Gasteiger partial charge is 0.295 e. The number of rotatable bonds is 7. The number of fused-ring (bicyclic) bond motifs is 1. The van der Waals surface area contributed by atoms with E-state index in [2.05, 4.69) is 20.3 Å². The number of halogens is 1. The van der Waals surface area contributed by atoms with Crippen LogP contribution < -0.4 is 20.7 Å². The number of ether oxygens (including phenoxy) is 1. The summed E-state index contributed by atoms with van der Waals surface area (Å²) in [6.45, 7) is 4.04. The summed E-state index contributed by atoms with van der Waals surface area (Å²) in [7, 11) is 0. The van der Waals surface area contributed by atoms with Gasteiger partial charge in [0.25, 0.3) is 11.7 Å². The molecule has 0 unspecified atom stereocenters. The number of nitrogens with zero attached hydrogens (tertiary/aromatic N) is 4. The molecule has 1 fully saturated rings. The van der Waals surface area contributed by atoms with Gasteiger partial charge in [0.15, 0.2) is 23.2 Å². The molecule has 0 bridgehead atoms. The van der Waals surface area contributed by atoms with E-state index in [1.807, 2.05) is 17.9 Å². The molecule has 4 rings (SSSR count). The fourth-order valence-electron chi connectivity index (χ4n) is 3.79. The summed E-state index contributed by atoms with van der Waals surface area (Å²) in [4.78, 5) is 40.6. The Bertz CT molecular complexity index is 1200. The number of aromatic nitrogens is 3. The van der Waals surface area contributed by atoms with Crippen LogP contribution >= 0.6 is 0 Å². The topological polar surface area (TPSA) is 129 Å². The lowest BCUT2D eigenvalue weighted by atomic mass is 10.1. The molecule has 1 aliphatic heterocycles. The van der Waals surface area contributed by atoms with Crippen molar-refractivity contribution in [3.05, 3.63) is 54.5 Å². The highest BCUT2D eigenvalue weighted by atomic mass is 19.1. The Balaban J connectivity index is 1.50. The molecule has 3 aromatic rings. The molecule has 11 heteroatoms. The van der Waals surface area contributed by atoms with E-state index in [1.165, 1.54) is 23.5 Å². The van der Waals surface area contributed by atoms with Crippen LogP contribution in [0.15, 0.2) is 43.1 Å². The van der Waals surface area contributed by atoms with Crippen molar-refractivity contribution in [3.63, 3.8) is 0 Å². The van der Waals surface area contributed by atoms with Gasteiger partial charge in [0.1, 0.15) is 0 Å². The number of anilines is 2. The first-order valence-electron chi connectivity index (χ1n) is 10.5. The first-order chi connectivity index (χ1) is 16.0. The molecule has 0 saturated carbocycles. The van der Waals surface area contributed by atoms with Gasteiger partial charge in [0, 0.05) is 51.0 Å². The summed E-state index contributed by atoms with van der Waals surface area (Å²) in [5, 5.41) is 2.80. The van der Waals surface area contributed by atoms with Crippen LogP contribution in [-0.4, -0.2) is 64.3 Å². The number of nitrogens with one attached hydrogen (secondary N) is 2. The third-order valence-corrected chi connectivity index (χ3v) is 5.34. The zero-order chi connectivity index (χ0) is 23.4. The van der Waals surface area contributed by atoms with E-state index in [9.17, 15) is 14.0 Å². The second-order valence-corrected chi connectivity index (χ2v) is 7.28. The zero-order valence-corrected chi connectivity index (χ0v) is 18.0. The largest absolute Gasteiger partial charge is 0.490 e. The first-order valence-corrected chi connectivity index (χ1v) is 10.5. The van der Waals surface area contributed by atoms with Crippen LogP contribution in [0.25, 0.3) is 10.9 Å². The summed E-state index contributed by atoms with van der Waals surface area (Å²) >= 11 is 0. The standard InChI is InChI=1S/C22H24FN7O3/c1-2-33-16-4-3-6-26-21(16)29-8-10-30(11-9-29)22(32)19(31)14-12-27-18-17(14)15(23)13-28-20(18)25-7-5-24/h3-7,12-13,27H,2,8-11,24H2,1H3,(H,25,28)/b7-5-. The summed E-state index contributed by atoms with van der Waals surface area (Å²) in [6.07, 6.45) is 6.69. The van der Waals surface area contributed by atoms with Gasteiger partial charge in [-0.3, -0.25) is 9.59 Å². The number of nitrogens with two attached hydrogens (primary N) is 1. The monoisotopic (exact) mass is 453 g/mol. The Morgan fingerprint density at radius 1 is 1.30 bits per heavy atom. The van der Waals surface area contributed by atoms with Gasteiger partial charge in [-0.2, -0.15) is 0 Å². The van der Waals surface area contributed by atoms with Crippen molar-refractivity contribution in [3.8, 4) is 5.75 Å². The molecule has 172 valence electrons. The number of ketones is 1. The van der Waals surface area contributed by atoms with Crippen LogP contribution in [0, 0.1) is 5.82 Å². The van der Waals surface area contributed by atoms with Crippen LogP contribution in [0.2, 0.25) is 0 Å². The number of hydrogen-bond donors (Lipinski definition) is 3. The summed E-state index contributed by atoms with van der Waals surface area (Å²) in [5.41, 5.74) is 5.55. The van der Waals surface area contributed by atoms with Gasteiger partial charge in [-0.1, -0.05) is 0 Å². The quantitative estimate of drug-likeness (QED) is 0.365. The third-order valence-electron chi connectivity index (χ3n) is 5.34. The lowest BCUT2D eigenvalue weighted by molar-refractivity contribution is -0.126. The minimum Gasteiger partial charge on any atom is -0.490 e. The van der Waals surface area contributed by atoms with Crippen LogP contribution in [0.5, 0.6) is 5.75 Å². The fourth-order valence-corrected chi connectivity index (χ4v) is 3.79. The Morgan fingerprint density at radius 2 is 2.09 bits per heavy atom. The van der Waals surface area contributed by atoms with E-state index in [0.29, 0.717) is 44.4 Å². The van der Waals surface area contributed by atoms with Gasteiger partial charge >= 0.3 is 0 Å². The van der Waals surface area contributed by atoms with Gasteiger partial charge in [-0.25, -0.2) is 14.4 Å². The van der Waals surface area contributed by atoms with E-state index < -0.39 is 17.5 Å². The maximum Gasteiger partial charge on any atom is 0.295 e. The van der Waals surface area contributed by atoms with Crippen LogP contribution in [0.3, 0.4) is 0 Å². The van der Waals surface area contributed by atoms with Gasteiger partial charge < -0.3 is 30.6 Å². The minimum absolute atomic E-state index is 0.00440. The van der Waals surface area contributed by atoms with E-state index >= 15 is 0 Å². The van der Waals surface area contributed by atoms with Gasteiger partial charge in [0.2, 0.25) is 0 Å². The highest BCUT2D eigenvalue weighted by Crippen LogP contribution is 2.28. The molecule has 3 aromatic heterocycles. The average molecular weight is 453 g/mol. The van der Waals surface area contributed by atoms with Crippen molar-refractivity contribution in [2.45, 2.75) is 6.92 Å². The molecule has 1 saturated heterocycles. The molecule has 33 heavy (non-hydrogen) atoms. The zero-order valence-electron chi connectivity index (χ0n) is 18.0. The van der Waals surface area contributed by atoms with Crippen molar-refractivity contribution in [2.24, 2.45) is 5.73 Å². The second kappa shape index (κ2) is 9.55. The summed E-state index contributed by atoms with van der Waals surface area (Å²) in [5.74, 6) is -0.507. The summed E-state index contributed by atoms with van der Waals surface area (Å²) in [6, 6.07) is 3.65. The maximum absolute atomic E-state index is 14.5. The number of carbonyl (C=O) groups excluding carboxylic acids is 2. The third kappa shape index (κ3) is 4.29. The molecular weight excluding hydrogens is 429 g/mol. The van der Waals surface area contributed by atoms with E-state index in [-0.39, 0.29) is 22.3 Å². The first kappa shape index (κ1) is 22.1. The second-order valence-electron chi connectivity index (χ2n) is 7.28. The fraction of sp³-hybridized carbons (Fsp3) is 0.273. The van der Waals surface area contributed by atoms with E-state index in [0.717, 1.165) is 6.20 Å². The molecule has 1 aliphatic rings. The number of pyridine rings is 2. The number of piperazine rings is 1. The summed E-state index contributed by atoms with van der Waals surface area (Å²) < 4.78 is 20.2. The molecule has 1 amide bonds. The lowest BCUT2D eigenvalue weighted by Crippen LogP contribution is -2.51. The van der Waals surface area contributed by atoms with Gasteiger partial charge in [-0.05, 0) is 19.1 Å². The van der Waals surface area contributed by atoms with E-state index in [4.69, 9.17) is 10.5 Å².